The van der Waals surface area contributed by atoms with Crippen LogP contribution in [0.1, 0.15) is 44.7 Å². The molecule has 0 aliphatic carbocycles. The van der Waals surface area contributed by atoms with Crippen molar-refractivity contribution in [2.24, 2.45) is 0 Å². The molecule has 0 N–H and O–H groups in total. The minimum Gasteiger partial charge on any atom is -0.482 e. The molecule has 0 aliphatic heterocycles. The molecule has 0 atom stereocenters. The summed E-state index contributed by atoms with van der Waals surface area (Å²) in [5, 5.41) is 0. The van der Waals surface area contributed by atoms with Crippen LogP contribution in [0.25, 0.3) is 0 Å². The third kappa shape index (κ3) is 7.71. The fourth-order valence-corrected chi connectivity index (χ4v) is 2.25. The average molecular weight is 344 g/mol. The van der Waals surface area contributed by atoms with E-state index in [2.05, 4.69) is 44.7 Å². The van der Waals surface area contributed by atoms with E-state index in [1.165, 1.54) is 0 Å². The summed E-state index contributed by atoms with van der Waals surface area (Å²) in [6, 6.07) is 6.09. The number of likely N-dealkylation sites (N-methyl/N-ethyl adjacent to an activating group) is 1. The molecular weight excluding hydrogens is 314 g/mol. The number of carbonyl (C=O) groups is 1. The second kappa shape index (κ2) is 11.3. The largest absolute Gasteiger partial charge is 0.482 e. The number of hydrogen-bond acceptors (Lipinski definition) is 4. The Morgan fingerprint density at radius 3 is 2.43 bits per heavy atom. The summed E-state index contributed by atoms with van der Waals surface area (Å²) < 4.78 is 10.9. The van der Waals surface area contributed by atoms with Gasteiger partial charge in [0, 0.05) is 6.54 Å². The van der Waals surface area contributed by atoms with Crippen molar-refractivity contribution in [1.82, 2.24) is 4.90 Å². The maximum Gasteiger partial charge on any atom is 0.344 e. The van der Waals surface area contributed by atoms with Gasteiger partial charge in [-0.25, -0.2) is 4.79 Å². The molecule has 23 heavy (non-hydrogen) atoms. The normalized spacial score (nSPS) is 10.6. The van der Waals surface area contributed by atoms with Crippen LogP contribution in [-0.2, 0) is 9.53 Å². The van der Waals surface area contributed by atoms with Gasteiger partial charge >= 0.3 is 5.97 Å². The molecule has 0 saturated heterocycles. The maximum absolute atomic E-state index is 11.8. The Morgan fingerprint density at radius 1 is 1.22 bits per heavy atom. The lowest BCUT2D eigenvalue weighted by Gasteiger charge is -2.18. The van der Waals surface area contributed by atoms with Crippen molar-refractivity contribution in [2.45, 2.75) is 40.5 Å². The van der Waals surface area contributed by atoms with E-state index in [0.29, 0.717) is 12.5 Å². The van der Waals surface area contributed by atoms with E-state index < -0.39 is 0 Å². The number of esters is 1. The van der Waals surface area contributed by atoms with Gasteiger partial charge in [0.25, 0.3) is 0 Å². The molecule has 0 radical (unpaired) electrons. The summed E-state index contributed by atoms with van der Waals surface area (Å²) in [5.74, 6) is 0.813. The molecule has 0 fully saturated rings. The first-order chi connectivity index (χ1) is 10.5. The van der Waals surface area contributed by atoms with Gasteiger partial charge in [0.15, 0.2) is 6.61 Å². The Labute approximate surface area is 146 Å². The molecule has 0 heterocycles. The van der Waals surface area contributed by atoms with E-state index in [4.69, 9.17) is 9.47 Å². The van der Waals surface area contributed by atoms with Gasteiger partial charge in [0.2, 0.25) is 0 Å². The Kier molecular flexibility index (Phi) is 10.7. The summed E-state index contributed by atoms with van der Waals surface area (Å²) in [6.07, 6.45) is 0. The first-order valence-electron chi connectivity index (χ1n) is 8.09. The van der Waals surface area contributed by atoms with Crippen molar-refractivity contribution in [1.29, 1.82) is 0 Å². The molecule has 1 aromatic rings. The van der Waals surface area contributed by atoms with E-state index >= 15 is 0 Å². The predicted octanol–water partition coefficient (Wildman–Crippen LogP) is 3.80. The van der Waals surface area contributed by atoms with Crippen LogP contribution in [0.5, 0.6) is 5.75 Å². The molecule has 0 unspecified atom stereocenters. The van der Waals surface area contributed by atoms with Crippen molar-refractivity contribution in [3.05, 3.63) is 29.3 Å². The smallest absolute Gasteiger partial charge is 0.344 e. The lowest BCUT2D eigenvalue weighted by molar-refractivity contribution is -0.146. The minimum absolute atomic E-state index is 0. The number of carbonyl (C=O) groups excluding carboxylic acids is 1. The zero-order valence-corrected chi connectivity index (χ0v) is 15.7. The first-order valence-corrected chi connectivity index (χ1v) is 8.09. The summed E-state index contributed by atoms with van der Waals surface area (Å²) in [4.78, 5) is 14.0. The zero-order chi connectivity index (χ0) is 16.5. The quantitative estimate of drug-likeness (QED) is 0.639. The van der Waals surface area contributed by atoms with Crippen molar-refractivity contribution in [2.75, 3.05) is 32.8 Å². The molecule has 0 amide bonds. The highest BCUT2D eigenvalue weighted by Gasteiger charge is 2.11. The van der Waals surface area contributed by atoms with Crippen LogP contribution in [0.15, 0.2) is 18.2 Å². The number of rotatable bonds is 9. The van der Waals surface area contributed by atoms with Crippen LogP contribution < -0.4 is 4.74 Å². The lowest BCUT2D eigenvalue weighted by atomic mass is 10.0. The summed E-state index contributed by atoms with van der Waals surface area (Å²) in [6.45, 7) is 13.5. The van der Waals surface area contributed by atoms with Crippen molar-refractivity contribution in [3.8, 4) is 5.75 Å². The summed E-state index contributed by atoms with van der Waals surface area (Å²) in [5.41, 5.74) is 2.23. The van der Waals surface area contributed by atoms with Crippen LogP contribution >= 0.6 is 12.4 Å². The summed E-state index contributed by atoms with van der Waals surface area (Å²) in [7, 11) is 0. The molecule has 0 bridgehead atoms. The lowest BCUT2D eigenvalue weighted by Crippen LogP contribution is -2.28. The fraction of sp³-hybridized carbons (Fsp3) is 0.611. The Hall–Kier alpha value is -1.26. The third-order valence-corrected chi connectivity index (χ3v) is 3.70. The third-order valence-electron chi connectivity index (χ3n) is 3.70. The number of hydrogen-bond donors (Lipinski definition) is 0. The second-order valence-corrected chi connectivity index (χ2v) is 5.73. The predicted molar refractivity (Wildman–Crippen MR) is 96.8 cm³/mol. The van der Waals surface area contributed by atoms with E-state index in [1.54, 1.807) is 0 Å². The number of nitrogens with zero attached hydrogens (tertiary/aromatic N) is 1. The molecule has 132 valence electrons. The highest BCUT2D eigenvalue weighted by molar-refractivity contribution is 5.85. The number of aryl methyl sites for hydroxylation is 1. The number of ether oxygens (including phenoxy) is 2. The number of benzene rings is 1. The SMILES string of the molecule is CCN(CC)CCOC(=O)COc1cc(C)ccc1C(C)C.Cl. The number of halogens is 1. The highest BCUT2D eigenvalue weighted by atomic mass is 35.5. The van der Waals surface area contributed by atoms with Gasteiger partial charge in [-0.3, -0.25) is 0 Å². The van der Waals surface area contributed by atoms with Gasteiger partial charge in [-0.05, 0) is 43.1 Å². The van der Waals surface area contributed by atoms with E-state index in [1.807, 2.05) is 13.0 Å². The molecule has 5 heteroatoms. The van der Waals surface area contributed by atoms with Crippen molar-refractivity contribution in [3.63, 3.8) is 0 Å². The topological polar surface area (TPSA) is 38.8 Å². The molecule has 0 aliphatic rings. The molecule has 1 aromatic carbocycles. The minimum atomic E-state index is -0.316. The fourth-order valence-electron chi connectivity index (χ4n) is 2.25. The van der Waals surface area contributed by atoms with E-state index in [0.717, 1.165) is 36.5 Å². The molecular formula is C18H30ClNO3. The monoisotopic (exact) mass is 343 g/mol. The standard InChI is InChI=1S/C18H29NO3.ClH/c1-6-19(7-2)10-11-21-18(20)13-22-17-12-15(5)8-9-16(17)14(3)4;/h8-9,12,14H,6-7,10-11,13H2,1-5H3;1H. The molecule has 1 rings (SSSR count). The first kappa shape index (κ1) is 21.7. The van der Waals surface area contributed by atoms with E-state index in [-0.39, 0.29) is 25.0 Å². The average Bonchev–Trinajstić information content (AvgIpc) is 2.49. The zero-order valence-electron chi connectivity index (χ0n) is 14.9. The Bertz CT molecular complexity index is 473. The van der Waals surface area contributed by atoms with Crippen LogP contribution in [0.3, 0.4) is 0 Å². The van der Waals surface area contributed by atoms with Crippen LogP contribution in [0.2, 0.25) is 0 Å². The van der Waals surface area contributed by atoms with Gasteiger partial charge in [-0.2, -0.15) is 0 Å². The van der Waals surface area contributed by atoms with Crippen molar-refractivity contribution < 1.29 is 14.3 Å². The summed E-state index contributed by atoms with van der Waals surface area (Å²) >= 11 is 0. The molecule has 4 nitrogen and oxygen atoms in total. The van der Waals surface area contributed by atoms with Gasteiger partial charge in [-0.1, -0.05) is 39.8 Å². The van der Waals surface area contributed by atoms with Gasteiger partial charge in [0.1, 0.15) is 12.4 Å². The maximum atomic E-state index is 11.8. The van der Waals surface area contributed by atoms with Gasteiger partial charge < -0.3 is 14.4 Å². The van der Waals surface area contributed by atoms with Crippen LogP contribution in [0, 0.1) is 6.92 Å². The Morgan fingerprint density at radius 2 is 1.87 bits per heavy atom. The van der Waals surface area contributed by atoms with Gasteiger partial charge in [0.05, 0.1) is 0 Å². The molecule has 0 saturated carbocycles. The molecule has 0 aromatic heterocycles. The van der Waals surface area contributed by atoms with Gasteiger partial charge in [-0.15, -0.1) is 12.4 Å². The van der Waals surface area contributed by atoms with Crippen LogP contribution in [-0.4, -0.2) is 43.7 Å². The van der Waals surface area contributed by atoms with Crippen molar-refractivity contribution >= 4 is 18.4 Å². The van der Waals surface area contributed by atoms with E-state index in [9.17, 15) is 4.79 Å². The van der Waals surface area contributed by atoms with Crippen LogP contribution in [0.4, 0.5) is 0 Å². The highest BCUT2D eigenvalue weighted by Crippen LogP contribution is 2.27. The molecule has 0 spiro atoms. The second-order valence-electron chi connectivity index (χ2n) is 5.73. The Balaban J connectivity index is 0.00000484.